The van der Waals surface area contributed by atoms with Crippen molar-refractivity contribution in [1.82, 2.24) is 25.5 Å². The van der Waals surface area contributed by atoms with Gasteiger partial charge in [0.05, 0.1) is 19.9 Å². The SMILES string of the molecule is COc1ccc(CCNC(=O)Oc2cc(-c3ccccc3SC)cc(-n3cnnn3)c2)cc1OC. The van der Waals surface area contributed by atoms with E-state index in [2.05, 4.69) is 20.8 Å². The van der Waals surface area contributed by atoms with E-state index in [1.807, 2.05) is 60.9 Å². The second kappa shape index (κ2) is 11.4. The lowest BCUT2D eigenvalue weighted by Gasteiger charge is -2.13. The minimum absolute atomic E-state index is 0.382. The Bertz CT molecular complexity index is 1300. The third kappa shape index (κ3) is 5.90. The first-order valence-corrected chi connectivity index (χ1v) is 12.0. The van der Waals surface area contributed by atoms with Gasteiger partial charge in [0, 0.05) is 17.5 Å². The highest BCUT2D eigenvalue weighted by atomic mass is 32.2. The maximum Gasteiger partial charge on any atom is 0.412 e. The summed E-state index contributed by atoms with van der Waals surface area (Å²) in [4.78, 5) is 13.7. The summed E-state index contributed by atoms with van der Waals surface area (Å²) in [6.07, 6.45) is 3.57. The molecular formula is C25H25N5O4S. The lowest BCUT2D eigenvalue weighted by atomic mass is 10.0. The number of benzene rings is 3. The van der Waals surface area contributed by atoms with Crippen molar-refractivity contribution in [3.8, 4) is 34.1 Å². The molecule has 0 atom stereocenters. The molecule has 0 aliphatic rings. The Kier molecular flexibility index (Phi) is 7.84. The van der Waals surface area contributed by atoms with Gasteiger partial charge in [-0.15, -0.1) is 16.9 Å². The second-order valence-corrected chi connectivity index (χ2v) is 8.27. The molecule has 1 aromatic heterocycles. The van der Waals surface area contributed by atoms with Gasteiger partial charge in [0.2, 0.25) is 0 Å². The summed E-state index contributed by atoms with van der Waals surface area (Å²) >= 11 is 1.64. The normalized spacial score (nSPS) is 10.6. The van der Waals surface area contributed by atoms with Gasteiger partial charge in [-0.3, -0.25) is 0 Å². The number of methoxy groups -OCH3 is 2. The highest BCUT2D eigenvalue weighted by Crippen LogP contribution is 2.34. The second-order valence-electron chi connectivity index (χ2n) is 7.43. The molecule has 0 spiro atoms. The number of carbonyl (C=O) groups excluding carboxylic acids is 1. The van der Waals surface area contributed by atoms with Crippen molar-refractivity contribution >= 4 is 17.9 Å². The van der Waals surface area contributed by atoms with Gasteiger partial charge in [0.15, 0.2) is 11.5 Å². The zero-order valence-corrected chi connectivity index (χ0v) is 20.4. The Morgan fingerprint density at radius 3 is 2.60 bits per heavy atom. The van der Waals surface area contributed by atoms with Crippen LogP contribution in [0.4, 0.5) is 4.79 Å². The van der Waals surface area contributed by atoms with Gasteiger partial charge in [-0.2, -0.15) is 0 Å². The van der Waals surface area contributed by atoms with Crippen molar-refractivity contribution in [3.63, 3.8) is 0 Å². The summed E-state index contributed by atoms with van der Waals surface area (Å²) in [7, 11) is 3.18. The van der Waals surface area contributed by atoms with Crippen molar-refractivity contribution in [2.75, 3.05) is 27.0 Å². The molecule has 1 amide bonds. The number of thioether (sulfide) groups is 1. The molecule has 4 aromatic rings. The van der Waals surface area contributed by atoms with Crippen LogP contribution >= 0.6 is 11.8 Å². The molecular weight excluding hydrogens is 466 g/mol. The fourth-order valence-corrected chi connectivity index (χ4v) is 4.20. The molecule has 0 bridgehead atoms. The average molecular weight is 492 g/mol. The van der Waals surface area contributed by atoms with Crippen LogP contribution in [0.5, 0.6) is 17.2 Å². The van der Waals surface area contributed by atoms with Gasteiger partial charge in [-0.05, 0) is 70.1 Å². The third-order valence-corrected chi connectivity index (χ3v) is 6.06. The Morgan fingerprint density at radius 1 is 1.03 bits per heavy atom. The quantitative estimate of drug-likeness (QED) is 0.344. The van der Waals surface area contributed by atoms with Crippen LogP contribution in [0, 0.1) is 0 Å². The Hall–Kier alpha value is -4.05. The maximum absolute atomic E-state index is 12.6. The molecule has 0 radical (unpaired) electrons. The summed E-state index contributed by atoms with van der Waals surface area (Å²) in [5, 5.41) is 14.2. The summed E-state index contributed by atoms with van der Waals surface area (Å²) in [5.41, 5.74) is 3.58. The summed E-state index contributed by atoms with van der Waals surface area (Å²) in [6.45, 7) is 0.392. The summed E-state index contributed by atoms with van der Waals surface area (Å²) in [6, 6.07) is 19.2. The zero-order valence-electron chi connectivity index (χ0n) is 19.6. The third-order valence-electron chi connectivity index (χ3n) is 5.26. The minimum atomic E-state index is -0.552. The number of nitrogens with one attached hydrogen (secondary N) is 1. The molecule has 1 N–H and O–H groups in total. The van der Waals surface area contributed by atoms with Crippen LogP contribution in [0.25, 0.3) is 16.8 Å². The van der Waals surface area contributed by atoms with E-state index in [9.17, 15) is 4.79 Å². The lowest BCUT2D eigenvalue weighted by Crippen LogP contribution is -2.28. The van der Waals surface area contributed by atoms with Gasteiger partial charge in [-0.1, -0.05) is 24.3 Å². The van der Waals surface area contributed by atoms with E-state index in [-0.39, 0.29) is 0 Å². The Balaban J connectivity index is 1.49. The van der Waals surface area contributed by atoms with Crippen LogP contribution in [0.2, 0.25) is 0 Å². The van der Waals surface area contributed by atoms with E-state index in [0.29, 0.717) is 35.9 Å². The fraction of sp³-hybridized carbons (Fsp3) is 0.200. The molecule has 0 saturated carbocycles. The number of tetrazole rings is 1. The van der Waals surface area contributed by atoms with E-state index in [0.717, 1.165) is 21.6 Å². The zero-order chi connectivity index (χ0) is 24.6. The average Bonchev–Trinajstić information content (AvgIpc) is 3.43. The molecule has 0 saturated heterocycles. The number of ether oxygens (including phenoxy) is 3. The van der Waals surface area contributed by atoms with Crippen LogP contribution in [0.15, 0.2) is 71.9 Å². The number of hydrogen-bond donors (Lipinski definition) is 1. The van der Waals surface area contributed by atoms with E-state index < -0.39 is 6.09 Å². The van der Waals surface area contributed by atoms with Crippen molar-refractivity contribution < 1.29 is 19.0 Å². The van der Waals surface area contributed by atoms with Crippen molar-refractivity contribution in [1.29, 1.82) is 0 Å². The number of carbonyl (C=O) groups is 1. The first kappa shape index (κ1) is 24.1. The molecule has 9 nitrogen and oxygen atoms in total. The number of nitrogens with zero attached hydrogens (tertiary/aromatic N) is 4. The first-order valence-electron chi connectivity index (χ1n) is 10.8. The molecule has 3 aromatic carbocycles. The molecule has 35 heavy (non-hydrogen) atoms. The first-order chi connectivity index (χ1) is 17.1. The Morgan fingerprint density at radius 2 is 1.86 bits per heavy atom. The van der Waals surface area contributed by atoms with Gasteiger partial charge in [-0.25, -0.2) is 9.48 Å². The number of amides is 1. The molecule has 0 aliphatic heterocycles. The van der Waals surface area contributed by atoms with Gasteiger partial charge >= 0.3 is 6.09 Å². The predicted octanol–water partition coefficient (Wildman–Crippen LogP) is 4.40. The number of hydrogen-bond acceptors (Lipinski definition) is 8. The van der Waals surface area contributed by atoms with Gasteiger partial charge in [0.1, 0.15) is 12.1 Å². The van der Waals surface area contributed by atoms with E-state index in [1.165, 1.54) is 11.0 Å². The fourth-order valence-electron chi connectivity index (χ4n) is 3.58. The maximum atomic E-state index is 12.6. The van der Waals surface area contributed by atoms with Crippen molar-refractivity contribution in [3.05, 3.63) is 72.6 Å². The molecule has 180 valence electrons. The van der Waals surface area contributed by atoms with Gasteiger partial charge in [0.25, 0.3) is 0 Å². The number of aromatic nitrogens is 4. The van der Waals surface area contributed by atoms with E-state index in [1.54, 1.807) is 32.0 Å². The van der Waals surface area contributed by atoms with Crippen LogP contribution in [0.1, 0.15) is 5.56 Å². The van der Waals surface area contributed by atoms with Crippen LogP contribution in [0.3, 0.4) is 0 Å². The van der Waals surface area contributed by atoms with Crippen LogP contribution in [-0.2, 0) is 6.42 Å². The molecule has 0 aliphatic carbocycles. The molecule has 1 heterocycles. The molecule has 4 rings (SSSR count). The largest absolute Gasteiger partial charge is 0.493 e. The van der Waals surface area contributed by atoms with E-state index >= 15 is 0 Å². The lowest BCUT2D eigenvalue weighted by molar-refractivity contribution is 0.200. The highest BCUT2D eigenvalue weighted by Gasteiger charge is 2.13. The van der Waals surface area contributed by atoms with Crippen LogP contribution in [-0.4, -0.2) is 53.3 Å². The monoisotopic (exact) mass is 491 g/mol. The number of rotatable bonds is 9. The van der Waals surface area contributed by atoms with Crippen molar-refractivity contribution in [2.45, 2.75) is 11.3 Å². The predicted molar refractivity (Wildman–Crippen MR) is 134 cm³/mol. The van der Waals surface area contributed by atoms with Gasteiger partial charge < -0.3 is 19.5 Å². The topological polar surface area (TPSA) is 100 Å². The summed E-state index contributed by atoms with van der Waals surface area (Å²) < 4.78 is 17.7. The van der Waals surface area contributed by atoms with Crippen molar-refractivity contribution in [2.24, 2.45) is 0 Å². The van der Waals surface area contributed by atoms with E-state index in [4.69, 9.17) is 14.2 Å². The standard InChI is InChI=1S/C25H25N5O4S/c1-32-22-9-8-17(12-23(22)33-2)10-11-26-25(31)34-20-14-18(21-6-4-5-7-24(21)35-3)13-19(15-20)30-16-27-28-29-30/h4-9,12-16H,10-11H2,1-3H3,(H,26,31). The highest BCUT2D eigenvalue weighted by molar-refractivity contribution is 7.98. The van der Waals surface area contributed by atoms with Crippen LogP contribution < -0.4 is 19.5 Å². The molecule has 0 fully saturated rings. The summed E-state index contributed by atoms with van der Waals surface area (Å²) in [5.74, 6) is 1.68. The minimum Gasteiger partial charge on any atom is -0.493 e. The smallest absolute Gasteiger partial charge is 0.412 e. The Labute approximate surface area is 207 Å². The molecule has 10 heteroatoms. The molecule has 0 unspecified atom stereocenters.